The summed E-state index contributed by atoms with van der Waals surface area (Å²) in [6.07, 6.45) is 4.31. The van der Waals surface area contributed by atoms with Crippen molar-refractivity contribution >= 4 is 11.9 Å². The van der Waals surface area contributed by atoms with Gasteiger partial charge >= 0.3 is 0 Å². The van der Waals surface area contributed by atoms with E-state index in [-0.39, 0.29) is 5.91 Å². The molecule has 112 valence electrons. The summed E-state index contributed by atoms with van der Waals surface area (Å²) in [7, 11) is 5.50. The number of aryl methyl sites for hydroxylation is 2. The summed E-state index contributed by atoms with van der Waals surface area (Å²) in [4.78, 5) is 23.6. The number of carbonyl (C=O) groups excluding carboxylic acids is 1. The zero-order chi connectivity index (χ0) is 15.2. The van der Waals surface area contributed by atoms with Gasteiger partial charge in [-0.3, -0.25) is 4.79 Å². The van der Waals surface area contributed by atoms with Gasteiger partial charge in [0.2, 0.25) is 11.9 Å². The fraction of sp³-hybridized carbons (Fsp3) is 0.462. The van der Waals surface area contributed by atoms with Crippen LogP contribution in [0.4, 0.5) is 5.95 Å². The highest BCUT2D eigenvalue weighted by Gasteiger charge is 2.06. The Hall–Kier alpha value is -2.51. The first-order valence-electron chi connectivity index (χ1n) is 6.66. The molecule has 0 aliphatic rings. The van der Waals surface area contributed by atoms with Crippen LogP contribution in [0.1, 0.15) is 17.8 Å². The number of carbonyl (C=O) groups is 1. The summed E-state index contributed by atoms with van der Waals surface area (Å²) in [6, 6.07) is 1.79. The number of amides is 1. The second kappa shape index (κ2) is 6.78. The van der Waals surface area contributed by atoms with Crippen molar-refractivity contribution in [3.63, 3.8) is 0 Å². The average Bonchev–Trinajstić information content (AvgIpc) is 2.89. The molecule has 0 atom stereocenters. The Morgan fingerprint density at radius 1 is 1.38 bits per heavy atom. The van der Waals surface area contributed by atoms with Crippen molar-refractivity contribution in [1.82, 2.24) is 30.3 Å². The Balaban J connectivity index is 1.79. The highest BCUT2D eigenvalue weighted by molar-refractivity contribution is 5.76. The van der Waals surface area contributed by atoms with E-state index in [0.29, 0.717) is 25.3 Å². The van der Waals surface area contributed by atoms with Crippen LogP contribution in [0.5, 0.6) is 0 Å². The van der Waals surface area contributed by atoms with E-state index in [1.165, 1.54) is 4.80 Å². The molecule has 1 amide bonds. The van der Waals surface area contributed by atoms with E-state index in [9.17, 15) is 4.79 Å². The molecule has 0 radical (unpaired) electrons. The molecule has 2 rings (SSSR count). The molecule has 0 aromatic carbocycles. The third-order valence-electron chi connectivity index (χ3n) is 2.82. The lowest BCUT2D eigenvalue weighted by Crippen LogP contribution is -2.24. The minimum Gasteiger partial charge on any atom is -0.350 e. The van der Waals surface area contributed by atoms with Crippen molar-refractivity contribution in [3.05, 3.63) is 29.8 Å². The van der Waals surface area contributed by atoms with Gasteiger partial charge in [-0.05, 0) is 6.07 Å². The second-order valence-corrected chi connectivity index (χ2v) is 4.84. The summed E-state index contributed by atoms with van der Waals surface area (Å²) >= 11 is 0. The van der Waals surface area contributed by atoms with Gasteiger partial charge in [0.15, 0.2) is 0 Å². The first-order chi connectivity index (χ1) is 10.0. The molecule has 2 heterocycles. The predicted octanol–water partition coefficient (Wildman–Crippen LogP) is -0.0799. The van der Waals surface area contributed by atoms with Crippen LogP contribution in [0, 0.1) is 0 Å². The van der Waals surface area contributed by atoms with Crippen LogP contribution < -0.4 is 10.2 Å². The molecule has 0 aliphatic heterocycles. The van der Waals surface area contributed by atoms with E-state index < -0.39 is 0 Å². The fourth-order valence-electron chi connectivity index (χ4n) is 1.72. The van der Waals surface area contributed by atoms with Crippen LogP contribution in [0.15, 0.2) is 18.5 Å². The van der Waals surface area contributed by atoms with Crippen molar-refractivity contribution in [3.8, 4) is 0 Å². The van der Waals surface area contributed by atoms with Crippen LogP contribution in [0.3, 0.4) is 0 Å². The summed E-state index contributed by atoms with van der Waals surface area (Å²) in [5, 5.41) is 10.9. The number of anilines is 1. The van der Waals surface area contributed by atoms with Gasteiger partial charge in [-0.15, -0.1) is 0 Å². The van der Waals surface area contributed by atoms with E-state index in [1.54, 1.807) is 25.5 Å². The smallest absolute Gasteiger partial charge is 0.225 e. The zero-order valence-electron chi connectivity index (χ0n) is 12.4. The van der Waals surface area contributed by atoms with Gasteiger partial charge in [-0.25, -0.2) is 9.97 Å². The van der Waals surface area contributed by atoms with Gasteiger partial charge in [0.1, 0.15) is 0 Å². The molecule has 0 bridgehead atoms. The number of nitrogens with one attached hydrogen (secondary N) is 1. The fourth-order valence-corrected chi connectivity index (χ4v) is 1.72. The monoisotopic (exact) mass is 289 g/mol. The minimum atomic E-state index is -0.0364. The van der Waals surface area contributed by atoms with Gasteiger partial charge in [0, 0.05) is 40.2 Å². The highest BCUT2D eigenvalue weighted by atomic mass is 16.1. The lowest BCUT2D eigenvalue weighted by molar-refractivity contribution is -0.121. The second-order valence-electron chi connectivity index (χ2n) is 4.84. The van der Waals surface area contributed by atoms with Gasteiger partial charge in [0.05, 0.1) is 24.1 Å². The van der Waals surface area contributed by atoms with E-state index in [4.69, 9.17) is 0 Å². The lowest BCUT2D eigenvalue weighted by Gasteiger charge is -2.11. The standard InChI is InChI=1S/C13H19N7O/c1-19(2)13-14-7-6-10(17-13)8-15-12(21)5-4-11-9-16-20(3)18-11/h6-7,9H,4-5,8H2,1-3H3,(H,15,21). The van der Waals surface area contributed by atoms with E-state index in [0.717, 1.165) is 11.4 Å². The molecule has 0 unspecified atom stereocenters. The van der Waals surface area contributed by atoms with Gasteiger partial charge in [-0.2, -0.15) is 15.0 Å². The summed E-state index contributed by atoms with van der Waals surface area (Å²) < 4.78 is 0. The predicted molar refractivity (Wildman–Crippen MR) is 77.5 cm³/mol. The third-order valence-corrected chi connectivity index (χ3v) is 2.82. The molecular weight excluding hydrogens is 270 g/mol. The zero-order valence-corrected chi connectivity index (χ0v) is 12.4. The van der Waals surface area contributed by atoms with E-state index in [2.05, 4.69) is 25.5 Å². The Labute approximate surface area is 123 Å². The third kappa shape index (κ3) is 4.51. The SMILES string of the molecule is CN(C)c1nccc(CNC(=O)CCc2cnn(C)n2)n1. The number of hydrogen-bond donors (Lipinski definition) is 1. The van der Waals surface area contributed by atoms with Crippen molar-refractivity contribution in [2.24, 2.45) is 7.05 Å². The van der Waals surface area contributed by atoms with Crippen molar-refractivity contribution < 1.29 is 4.79 Å². The molecular formula is C13H19N7O. The Morgan fingerprint density at radius 3 is 2.86 bits per heavy atom. The Kier molecular flexibility index (Phi) is 4.81. The molecule has 2 aromatic heterocycles. The maximum atomic E-state index is 11.8. The molecule has 1 N–H and O–H groups in total. The van der Waals surface area contributed by atoms with Crippen molar-refractivity contribution in [2.75, 3.05) is 19.0 Å². The van der Waals surface area contributed by atoms with Crippen LogP contribution in [-0.2, 0) is 24.8 Å². The van der Waals surface area contributed by atoms with Crippen molar-refractivity contribution in [1.29, 1.82) is 0 Å². The summed E-state index contributed by atoms with van der Waals surface area (Å²) in [5.41, 5.74) is 1.59. The lowest BCUT2D eigenvalue weighted by atomic mass is 10.2. The Bertz CT molecular complexity index is 608. The molecule has 0 spiro atoms. The minimum absolute atomic E-state index is 0.0364. The number of hydrogen-bond acceptors (Lipinski definition) is 6. The molecule has 0 fully saturated rings. The van der Waals surface area contributed by atoms with Crippen LogP contribution in [0.2, 0.25) is 0 Å². The normalized spacial score (nSPS) is 10.4. The van der Waals surface area contributed by atoms with Gasteiger partial charge in [0.25, 0.3) is 0 Å². The topological polar surface area (TPSA) is 88.8 Å². The van der Waals surface area contributed by atoms with Crippen molar-refractivity contribution in [2.45, 2.75) is 19.4 Å². The van der Waals surface area contributed by atoms with Gasteiger partial charge in [-0.1, -0.05) is 0 Å². The molecule has 0 aliphatic carbocycles. The molecule has 2 aromatic rings. The molecule has 0 saturated heterocycles. The molecule has 8 nitrogen and oxygen atoms in total. The molecule has 0 saturated carbocycles. The number of aromatic nitrogens is 5. The Morgan fingerprint density at radius 2 is 2.19 bits per heavy atom. The number of rotatable bonds is 6. The van der Waals surface area contributed by atoms with Gasteiger partial charge < -0.3 is 10.2 Å². The first-order valence-corrected chi connectivity index (χ1v) is 6.66. The average molecular weight is 289 g/mol. The quantitative estimate of drug-likeness (QED) is 0.800. The maximum Gasteiger partial charge on any atom is 0.225 e. The van der Waals surface area contributed by atoms with E-state index >= 15 is 0 Å². The maximum absolute atomic E-state index is 11.8. The van der Waals surface area contributed by atoms with Crippen LogP contribution >= 0.6 is 0 Å². The van der Waals surface area contributed by atoms with E-state index in [1.807, 2.05) is 19.0 Å². The number of nitrogens with zero attached hydrogens (tertiary/aromatic N) is 6. The van der Waals surface area contributed by atoms with Crippen LogP contribution in [-0.4, -0.2) is 45.0 Å². The molecule has 8 heteroatoms. The summed E-state index contributed by atoms with van der Waals surface area (Å²) in [5.74, 6) is 0.590. The highest BCUT2D eigenvalue weighted by Crippen LogP contribution is 2.03. The first kappa shape index (κ1) is 14.9. The molecule has 21 heavy (non-hydrogen) atoms. The largest absolute Gasteiger partial charge is 0.350 e. The van der Waals surface area contributed by atoms with Crippen LogP contribution in [0.25, 0.3) is 0 Å². The summed E-state index contributed by atoms with van der Waals surface area (Å²) in [6.45, 7) is 0.392.